The van der Waals surface area contributed by atoms with Gasteiger partial charge in [-0.2, -0.15) is 0 Å². The first-order valence-electron chi connectivity index (χ1n) is 12.5. The highest BCUT2D eigenvalue weighted by Gasteiger charge is 2.69. The lowest BCUT2D eigenvalue weighted by Crippen LogP contribution is -2.42. The zero-order chi connectivity index (χ0) is 25.6. The third-order valence-corrected chi connectivity index (χ3v) is 11.2. The summed E-state index contributed by atoms with van der Waals surface area (Å²) in [6.07, 6.45) is 0.534. The lowest BCUT2D eigenvalue weighted by atomic mass is 9.69. The maximum absolute atomic E-state index is 13.4. The van der Waals surface area contributed by atoms with Crippen LogP contribution in [0.15, 0.2) is 50.6 Å². The zero-order valence-electron chi connectivity index (χ0n) is 19.9. The Morgan fingerprint density at radius 2 is 1.81 bits per heavy atom. The summed E-state index contributed by atoms with van der Waals surface area (Å²) in [4.78, 5) is 55.2. The summed E-state index contributed by atoms with van der Waals surface area (Å²) >= 11 is 2.82. The van der Waals surface area contributed by atoms with Gasteiger partial charge in [-0.15, -0.1) is 11.8 Å². The van der Waals surface area contributed by atoms with Crippen molar-refractivity contribution in [1.82, 2.24) is 9.88 Å². The molecule has 3 fully saturated rings. The lowest BCUT2D eigenvalue weighted by Gasteiger charge is -2.42. The SMILES string of the molecule is Cc1ccc(-c2ccc([C@H]3c4sc(=O)[nH]c4S[C@@H]4[C@@H]5C[C@H]([C@H]6C(=O)N(CCC(=O)O)C(=O)[C@H]56)[C@H]34)o2)cc1. The molecule has 1 saturated heterocycles. The van der Waals surface area contributed by atoms with Crippen molar-refractivity contribution in [3.05, 3.63) is 62.3 Å². The van der Waals surface area contributed by atoms with Crippen molar-refractivity contribution < 1.29 is 23.9 Å². The first-order valence-corrected chi connectivity index (χ1v) is 14.1. The van der Waals surface area contributed by atoms with Crippen molar-refractivity contribution in [3.63, 3.8) is 0 Å². The van der Waals surface area contributed by atoms with Gasteiger partial charge in [-0.3, -0.25) is 24.1 Å². The van der Waals surface area contributed by atoms with E-state index in [1.54, 1.807) is 11.8 Å². The zero-order valence-corrected chi connectivity index (χ0v) is 21.5. The van der Waals surface area contributed by atoms with E-state index in [1.807, 2.05) is 43.3 Å². The van der Waals surface area contributed by atoms with Crippen molar-refractivity contribution >= 4 is 40.9 Å². The Balaban J connectivity index is 1.28. The number of thiazole rings is 1. The minimum atomic E-state index is -1.03. The fourth-order valence-corrected chi connectivity index (χ4v) is 10.1. The van der Waals surface area contributed by atoms with Gasteiger partial charge in [-0.25, -0.2) is 0 Å². The number of fused-ring (bicyclic) bond motifs is 9. The molecule has 2 bridgehead atoms. The Kier molecular flexibility index (Phi) is 5.10. The number of benzene rings is 1. The van der Waals surface area contributed by atoms with Crippen molar-refractivity contribution in [2.45, 2.75) is 36.0 Å². The molecule has 0 radical (unpaired) electrons. The van der Waals surface area contributed by atoms with Crippen LogP contribution in [0.2, 0.25) is 0 Å². The number of aromatic nitrogens is 1. The topological polar surface area (TPSA) is 121 Å². The van der Waals surface area contributed by atoms with Crippen LogP contribution in [0.4, 0.5) is 0 Å². The molecule has 4 aliphatic rings. The van der Waals surface area contributed by atoms with Crippen LogP contribution in [0.3, 0.4) is 0 Å². The minimum Gasteiger partial charge on any atom is -0.481 e. The summed E-state index contributed by atoms with van der Waals surface area (Å²) in [6, 6.07) is 12.1. The molecule has 1 aromatic carbocycles. The second-order valence-electron chi connectivity index (χ2n) is 10.5. The molecule has 2 saturated carbocycles. The molecule has 0 spiro atoms. The molecule has 8 nitrogen and oxygen atoms in total. The van der Waals surface area contributed by atoms with E-state index in [9.17, 15) is 19.2 Å². The quantitative estimate of drug-likeness (QED) is 0.474. The average molecular weight is 537 g/mol. The Morgan fingerprint density at radius 1 is 1.08 bits per heavy atom. The Bertz CT molecular complexity index is 1500. The predicted molar refractivity (Wildman–Crippen MR) is 136 cm³/mol. The van der Waals surface area contributed by atoms with Gasteiger partial charge in [0.15, 0.2) is 0 Å². The van der Waals surface area contributed by atoms with Crippen LogP contribution in [0.1, 0.15) is 35.0 Å². The van der Waals surface area contributed by atoms with E-state index >= 15 is 0 Å². The third-order valence-electron chi connectivity index (χ3n) is 8.63. The van der Waals surface area contributed by atoms with E-state index in [-0.39, 0.29) is 58.6 Å². The molecule has 2 aliphatic carbocycles. The van der Waals surface area contributed by atoms with E-state index in [4.69, 9.17) is 9.52 Å². The number of furan rings is 1. The van der Waals surface area contributed by atoms with Gasteiger partial charge in [0, 0.05) is 17.4 Å². The van der Waals surface area contributed by atoms with Gasteiger partial charge in [0.25, 0.3) is 0 Å². The number of nitrogens with zero attached hydrogens (tertiary/aromatic N) is 1. The van der Waals surface area contributed by atoms with Crippen molar-refractivity contribution in [1.29, 1.82) is 0 Å². The number of carbonyl (C=O) groups excluding carboxylic acids is 2. The molecule has 4 heterocycles. The van der Waals surface area contributed by atoms with Gasteiger partial charge in [-0.05, 0) is 43.2 Å². The summed E-state index contributed by atoms with van der Waals surface area (Å²) in [5.74, 6) is -0.980. The molecule has 2 amide bonds. The standard InChI is InChI=1S/C27H24N2O6S2/c1-11-2-4-12(5-3-11)15-6-7-16(35-15)21-18-13-10-14(22(18)36-24-23(21)37-27(34)28-24)20-19(13)25(32)29(26(20)33)9-8-17(30)31/h2-7,13-14,18-22H,8-10H2,1H3,(H,28,34)(H,30,31)/t13-,14+,18+,19+,20+,21+,22+/m0/s1. The second-order valence-corrected chi connectivity index (χ2v) is 12.7. The van der Waals surface area contributed by atoms with Crippen molar-refractivity contribution in [2.24, 2.45) is 29.6 Å². The Labute approximate surface area is 220 Å². The number of H-pyrrole nitrogens is 1. The molecule has 2 aliphatic heterocycles. The van der Waals surface area contributed by atoms with Gasteiger partial charge in [0.2, 0.25) is 11.8 Å². The number of rotatable bonds is 5. The Hall–Kier alpha value is -3.11. The molecule has 190 valence electrons. The summed E-state index contributed by atoms with van der Waals surface area (Å²) in [5, 5.41) is 10.0. The van der Waals surface area contributed by atoms with Crippen LogP contribution < -0.4 is 4.87 Å². The number of aryl methyl sites for hydroxylation is 1. The van der Waals surface area contributed by atoms with Gasteiger partial charge in [0.1, 0.15) is 11.5 Å². The van der Waals surface area contributed by atoms with Crippen LogP contribution in [0.25, 0.3) is 11.3 Å². The predicted octanol–water partition coefficient (Wildman–Crippen LogP) is 3.95. The average Bonchev–Trinajstić information content (AvgIpc) is 3.66. The highest BCUT2D eigenvalue weighted by molar-refractivity contribution is 8.00. The number of hydrogen-bond acceptors (Lipinski definition) is 7. The van der Waals surface area contributed by atoms with Gasteiger partial charge in [-0.1, -0.05) is 41.2 Å². The molecular formula is C27H24N2O6S2. The van der Waals surface area contributed by atoms with Gasteiger partial charge >= 0.3 is 10.8 Å². The van der Waals surface area contributed by atoms with Crippen LogP contribution in [0, 0.1) is 36.5 Å². The van der Waals surface area contributed by atoms with E-state index in [0.29, 0.717) is 0 Å². The molecule has 7 rings (SSSR count). The fourth-order valence-electron chi connectivity index (χ4n) is 7.22. The molecule has 10 heteroatoms. The number of aliphatic carboxylic acids is 1. The number of hydrogen-bond donors (Lipinski definition) is 2. The fraction of sp³-hybridized carbons (Fsp3) is 0.407. The molecule has 37 heavy (non-hydrogen) atoms. The number of carboxylic acids is 1. The Morgan fingerprint density at radius 3 is 2.54 bits per heavy atom. The van der Waals surface area contributed by atoms with Gasteiger partial charge in [0.05, 0.1) is 34.1 Å². The highest BCUT2D eigenvalue weighted by atomic mass is 32.2. The van der Waals surface area contributed by atoms with E-state index in [0.717, 1.165) is 39.0 Å². The van der Waals surface area contributed by atoms with Gasteiger partial charge < -0.3 is 14.5 Å². The summed E-state index contributed by atoms with van der Waals surface area (Å²) in [7, 11) is 0. The highest BCUT2D eigenvalue weighted by Crippen LogP contribution is 2.68. The van der Waals surface area contributed by atoms with Crippen LogP contribution >= 0.6 is 23.1 Å². The van der Waals surface area contributed by atoms with Crippen LogP contribution in [0.5, 0.6) is 0 Å². The first-order chi connectivity index (χ1) is 17.8. The summed E-state index contributed by atoms with van der Waals surface area (Å²) in [6.45, 7) is 1.96. The minimum absolute atomic E-state index is 0.00172. The number of nitrogens with one attached hydrogen (secondary N) is 1. The molecule has 2 aromatic heterocycles. The third kappa shape index (κ3) is 3.34. The second kappa shape index (κ2) is 8.19. The number of aromatic amines is 1. The number of carboxylic acid groups (broad SMARTS) is 1. The van der Waals surface area contributed by atoms with Crippen molar-refractivity contribution in [3.8, 4) is 11.3 Å². The number of imide groups is 1. The molecule has 0 unspecified atom stereocenters. The van der Waals surface area contributed by atoms with Crippen LogP contribution in [-0.2, 0) is 14.4 Å². The largest absolute Gasteiger partial charge is 0.481 e. The molecule has 7 atom stereocenters. The van der Waals surface area contributed by atoms with E-state index < -0.39 is 17.8 Å². The summed E-state index contributed by atoms with van der Waals surface area (Å²) in [5.41, 5.74) is 2.13. The molecule has 2 N–H and O–H groups in total. The molecule has 3 aromatic rings. The normalized spacial score (nSPS) is 31.5. The van der Waals surface area contributed by atoms with Crippen LogP contribution in [-0.4, -0.2) is 44.6 Å². The first kappa shape index (κ1) is 23.0. The molecular weight excluding hydrogens is 512 g/mol. The maximum Gasteiger partial charge on any atom is 0.305 e. The number of amides is 2. The monoisotopic (exact) mass is 536 g/mol. The number of carbonyl (C=O) groups is 3. The number of likely N-dealkylation sites (tertiary alicyclic amines) is 1. The number of thioether (sulfide) groups is 1. The smallest absolute Gasteiger partial charge is 0.305 e. The van der Waals surface area contributed by atoms with Crippen molar-refractivity contribution in [2.75, 3.05) is 6.54 Å². The summed E-state index contributed by atoms with van der Waals surface area (Å²) < 4.78 is 6.43. The lowest BCUT2D eigenvalue weighted by molar-refractivity contribution is -0.142. The van der Waals surface area contributed by atoms with E-state index in [1.165, 1.54) is 16.2 Å². The maximum atomic E-state index is 13.4. The van der Waals surface area contributed by atoms with E-state index in [2.05, 4.69) is 4.98 Å².